The minimum absolute atomic E-state index is 0.125. The fraction of sp³-hybridized carbons (Fsp3) is 0.520. The average molecular weight is 454 g/mol. The highest BCUT2D eigenvalue weighted by molar-refractivity contribution is 5.93. The van der Waals surface area contributed by atoms with Gasteiger partial charge in [0.05, 0.1) is 12.8 Å². The highest BCUT2D eigenvalue weighted by Gasteiger charge is 2.28. The van der Waals surface area contributed by atoms with Crippen LogP contribution in [-0.4, -0.2) is 46.5 Å². The highest BCUT2D eigenvalue weighted by atomic mass is 16.5. The van der Waals surface area contributed by atoms with Gasteiger partial charge in [-0.2, -0.15) is 0 Å². The zero-order chi connectivity index (χ0) is 23.2. The Morgan fingerprint density at radius 1 is 1.12 bits per heavy atom. The second-order valence-electron chi connectivity index (χ2n) is 8.76. The van der Waals surface area contributed by atoms with E-state index < -0.39 is 5.97 Å². The number of ether oxygens (including phenoxy) is 2. The molecule has 0 aromatic carbocycles. The maximum atomic E-state index is 13.0. The summed E-state index contributed by atoms with van der Waals surface area (Å²) in [5.41, 5.74) is 1.23. The molecular weight excluding hydrogens is 422 g/mol. The Morgan fingerprint density at radius 2 is 1.94 bits per heavy atom. The molecule has 1 aliphatic heterocycles. The van der Waals surface area contributed by atoms with Crippen LogP contribution in [0.5, 0.6) is 5.75 Å². The molecule has 0 saturated heterocycles. The monoisotopic (exact) mass is 453 g/mol. The lowest BCUT2D eigenvalue weighted by atomic mass is 9.86. The molecule has 0 unspecified atom stereocenters. The molecule has 1 fully saturated rings. The number of hydrogen-bond acceptors (Lipinski definition) is 6. The van der Waals surface area contributed by atoms with E-state index in [4.69, 9.17) is 9.47 Å². The number of aromatic nitrogens is 2. The Labute approximate surface area is 193 Å². The third-order valence-corrected chi connectivity index (χ3v) is 6.63. The molecule has 8 heteroatoms. The Bertz CT molecular complexity index is 1040. The molecule has 33 heavy (non-hydrogen) atoms. The van der Waals surface area contributed by atoms with Gasteiger partial charge in [0.1, 0.15) is 17.9 Å². The molecule has 0 bridgehead atoms. The normalized spacial score (nSPS) is 16.6. The maximum absolute atomic E-state index is 13.0. The molecule has 0 spiro atoms. The van der Waals surface area contributed by atoms with Gasteiger partial charge in [-0.1, -0.05) is 25.3 Å². The lowest BCUT2D eigenvalue weighted by Crippen LogP contribution is -2.35. The minimum Gasteiger partial charge on any atom is -0.486 e. The molecule has 4 rings (SSSR count). The number of carbonyl (C=O) groups is 2. The van der Waals surface area contributed by atoms with Crippen molar-refractivity contribution in [1.29, 1.82) is 0 Å². The molecule has 2 aromatic heterocycles. The quantitative estimate of drug-likeness (QED) is 0.625. The zero-order valence-electron chi connectivity index (χ0n) is 19.1. The SMILES string of the molecule is COC(=O)c1c(OCc2ccccn2)cc(=O)n2c1CCN(C(=O)CC1CCCCC1)CC2. The number of nitrogens with zero attached hydrogens (tertiary/aromatic N) is 3. The molecule has 176 valence electrons. The summed E-state index contributed by atoms with van der Waals surface area (Å²) in [5.74, 6) is 0.216. The van der Waals surface area contributed by atoms with E-state index in [9.17, 15) is 14.4 Å². The van der Waals surface area contributed by atoms with Crippen molar-refractivity contribution in [2.45, 2.75) is 58.1 Å². The lowest BCUT2D eigenvalue weighted by Gasteiger charge is -2.25. The Kier molecular flexibility index (Phi) is 7.42. The second-order valence-corrected chi connectivity index (χ2v) is 8.76. The molecule has 8 nitrogen and oxygen atoms in total. The van der Waals surface area contributed by atoms with Gasteiger partial charge in [0, 0.05) is 50.4 Å². The van der Waals surface area contributed by atoms with Crippen LogP contribution in [0.1, 0.15) is 60.3 Å². The van der Waals surface area contributed by atoms with E-state index in [2.05, 4.69) is 4.98 Å². The summed E-state index contributed by atoms with van der Waals surface area (Å²) in [6, 6.07) is 6.79. The van der Waals surface area contributed by atoms with Gasteiger partial charge in [0.2, 0.25) is 5.91 Å². The van der Waals surface area contributed by atoms with Gasteiger partial charge in [-0.25, -0.2) is 4.79 Å². The van der Waals surface area contributed by atoms with Crippen LogP contribution in [0.15, 0.2) is 35.3 Å². The third-order valence-electron chi connectivity index (χ3n) is 6.63. The van der Waals surface area contributed by atoms with Crippen molar-refractivity contribution in [1.82, 2.24) is 14.5 Å². The number of methoxy groups -OCH3 is 1. The molecule has 1 saturated carbocycles. The zero-order valence-corrected chi connectivity index (χ0v) is 19.1. The number of pyridine rings is 2. The van der Waals surface area contributed by atoms with Crippen molar-refractivity contribution in [3.05, 3.63) is 57.8 Å². The van der Waals surface area contributed by atoms with E-state index in [0.29, 0.717) is 49.8 Å². The first-order valence-electron chi connectivity index (χ1n) is 11.7. The standard InChI is InChI=1S/C25H31N3O5/c1-32-25(31)24-20-10-12-27(22(29)15-18-7-3-2-4-8-18)13-14-28(20)23(30)16-21(24)33-17-19-9-5-6-11-26-19/h5-6,9,11,16,18H,2-4,7-8,10,12-15,17H2,1H3. The van der Waals surface area contributed by atoms with Crippen LogP contribution in [0.4, 0.5) is 0 Å². The summed E-state index contributed by atoms with van der Waals surface area (Å²) in [7, 11) is 1.31. The van der Waals surface area contributed by atoms with Crippen LogP contribution < -0.4 is 10.3 Å². The van der Waals surface area contributed by atoms with E-state index in [-0.39, 0.29) is 29.4 Å². The van der Waals surface area contributed by atoms with Crippen molar-refractivity contribution < 1.29 is 19.1 Å². The fourth-order valence-electron chi connectivity index (χ4n) is 4.84. The lowest BCUT2D eigenvalue weighted by molar-refractivity contribution is -0.132. The molecular formula is C25H31N3O5. The molecule has 2 aromatic rings. The summed E-state index contributed by atoms with van der Waals surface area (Å²) >= 11 is 0. The summed E-state index contributed by atoms with van der Waals surface area (Å²) in [6.45, 7) is 1.38. The smallest absolute Gasteiger partial charge is 0.343 e. The number of hydrogen-bond donors (Lipinski definition) is 0. The van der Waals surface area contributed by atoms with E-state index in [1.165, 1.54) is 32.4 Å². The first-order chi connectivity index (χ1) is 16.1. The van der Waals surface area contributed by atoms with Gasteiger partial charge in [-0.05, 0) is 30.9 Å². The predicted molar refractivity (Wildman–Crippen MR) is 122 cm³/mol. The average Bonchev–Trinajstić information content (AvgIpc) is 3.07. The molecule has 2 aliphatic rings. The number of esters is 1. The van der Waals surface area contributed by atoms with Crippen LogP contribution in [0.2, 0.25) is 0 Å². The van der Waals surface area contributed by atoms with Crippen LogP contribution in [-0.2, 0) is 29.1 Å². The van der Waals surface area contributed by atoms with Gasteiger partial charge < -0.3 is 18.9 Å². The van der Waals surface area contributed by atoms with Crippen molar-refractivity contribution in [3.63, 3.8) is 0 Å². The van der Waals surface area contributed by atoms with Gasteiger partial charge in [0.25, 0.3) is 5.56 Å². The maximum Gasteiger partial charge on any atom is 0.343 e. The van der Waals surface area contributed by atoms with E-state index >= 15 is 0 Å². The number of amides is 1. The van der Waals surface area contributed by atoms with Crippen molar-refractivity contribution in [2.24, 2.45) is 5.92 Å². The molecule has 1 amide bonds. The minimum atomic E-state index is -0.559. The van der Waals surface area contributed by atoms with Crippen molar-refractivity contribution in [2.75, 3.05) is 20.2 Å². The van der Waals surface area contributed by atoms with E-state index in [1.807, 2.05) is 17.0 Å². The summed E-state index contributed by atoms with van der Waals surface area (Å²) < 4.78 is 12.4. The third kappa shape index (κ3) is 5.43. The van der Waals surface area contributed by atoms with Gasteiger partial charge in [0.15, 0.2) is 0 Å². The Balaban J connectivity index is 1.55. The molecule has 0 atom stereocenters. The van der Waals surface area contributed by atoms with E-state index in [0.717, 1.165) is 12.8 Å². The summed E-state index contributed by atoms with van der Waals surface area (Å²) in [5, 5.41) is 0. The first kappa shape index (κ1) is 23.0. The molecule has 0 radical (unpaired) electrons. The summed E-state index contributed by atoms with van der Waals surface area (Å²) in [4.78, 5) is 44.6. The van der Waals surface area contributed by atoms with Crippen LogP contribution >= 0.6 is 0 Å². The number of rotatable bonds is 6. The topological polar surface area (TPSA) is 90.7 Å². The predicted octanol–water partition coefficient (Wildman–Crippen LogP) is 2.96. The van der Waals surface area contributed by atoms with Gasteiger partial charge in [-0.3, -0.25) is 14.6 Å². The molecule has 0 N–H and O–H groups in total. The fourth-order valence-corrected chi connectivity index (χ4v) is 4.84. The van der Waals surface area contributed by atoms with E-state index in [1.54, 1.807) is 16.8 Å². The summed E-state index contributed by atoms with van der Waals surface area (Å²) in [6.07, 6.45) is 8.49. The van der Waals surface area contributed by atoms with Crippen LogP contribution in [0, 0.1) is 5.92 Å². The van der Waals surface area contributed by atoms with Crippen molar-refractivity contribution in [3.8, 4) is 5.75 Å². The van der Waals surface area contributed by atoms with Gasteiger partial charge in [-0.15, -0.1) is 0 Å². The second kappa shape index (κ2) is 10.6. The first-order valence-corrected chi connectivity index (χ1v) is 11.7. The number of fused-ring (bicyclic) bond motifs is 1. The highest BCUT2D eigenvalue weighted by Crippen LogP contribution is 2.28. The number of carbonyl (C=O) groups excluding carboxylic acids is 2. The largest absolute Gasteiger partial charge is 0.486 e. The Hall–Kier alpha value is -3.16. The van der Waals surface area contributed by atoms with Crippen LogP contribution in [0.3, 0.4) is 0 Å². The van der Waals surface area contributed by atoms with Crippen molar-refractivity contribution >= 4 is 11.9 Å². The Morgan fingerprint density at radius 3 is 2.67 bits per heavy atom. The van der Waals surface area contributed by atoms with Crippen LogP contribution in [0.25, 0.3) is 0 Å². The molecule has 3 heterocycles. The van der Waals surface area contributed by atoms with Gasteiger partial charge >= 0.3 is 5.97 Å². The molecule has 1 aliphatic carbocycles.